The quantitative estimate of drug-likeness (QED) is 0.295. The molecule has 4 heterocycles. The molecule has 0 unspecified atom stereocenters. The van der Waals surface area contributed by atoms with Gasteiger partial charge < -0.3 is 24.8 Å². The summed E-state index contributed by atoms with van der Waals surface area (Å²) in [5.74, 6) is 2.51. The van der Waals surface area contributed by atoms with Crippen molar-refractivity contribution in [2.75, 3.05) is 32.0 Å². The van der Waals surface area contributed by atoms with Crippen LogP contribution in [0, 0.1) is 6.92 Å². The molecule has 0 spiro atoms. The van der Waals surface area contributed by atoms with Crippen LogP contribution >= 0.6 is 0 Å². The Hall–Kier alpha value is -4.70. The van der Waals surface area contributed by atoms with Crippen LogP contribution in [0.15, 0.2) is 73.5 Å². The Morgan fingerprint density at radius 2 is 2.03 bits per heavy atom. The molecule has 10 nitrogen and oxygen atoms in total. The molecule has 0 saturated carbocycles. The van der Waals surface area contributed by atoms with Crippen molar-refractivity contribution in [2.45, 2.75) is 12.8 Å². The highest BCUT2D eigenvalue weighted by atomic mass is 16.5. The number of ether oxygens (including phenoxy) is 1. The van der Waals surface area contributed by atoms with Crippen LogP contribution in [0.2, 0.25) is 0 Å². The number of carbonyl (C=O) groups excluding carboxylic acids is 1. The van der Waals surface area contributed by atoms with Crippen LogP contribution in [0.1, 0.15) is 17.0 Å². The lowest BCUT2D eigenvalue weighted by molar-refractivity contribution is -0.130. The zero-order valence-corrected chi connectivity index (χ0v) is 22.1. The number of imidazole rings is 1. The third-order valence-electron chi connectivity index (χ3n) is 7.06. The molecule has 2 aromatic carbocycles. The zero-order valence-electron chi connectivity index (χ0n) is 22.1. The second-order valence-electron chi connectivity index (χ2n) is 9.79. The minimum absolute atomic E-state index is 0.0392. The summed E-state index contributed by atoms with van der Waals surface area (Å²) in [7, 11) is 3.83. The average Bonchev–Trinajstić information content (AvgIpc) is 3.49. The molecule has 198 valence electrons. The molecule has 1 aliphatic heterocycles. The number of carbonyl (C=O) groups is 1. The summed E-state index contributed by atoms with van der Waals surface area (Å²) in [5.41, 5.74) is 5.88. The summed E-state index contributed by atoms with van der Waals surface area (Å²) in [6.07, 6.45) is 8.75. The van der Waals surface area contributed by atoms with Crippen molar-refractivity contribution in [3.05, 3.63) is 84.6 Å². The summed E-state index contributed by atoms with van der Waals surface area (Å²) < 4.78 is 9.99. The summed E-state index contributed by atoms with van der Waals surface area (Å²) in [6, 6.07) is 13.9. The number of hydrogen-bond acceptors (Lipinski definition) is 7. The molecule has 0 aliphatic carbocycles. The molecule has 0 bridgehead atoms. The second-order valence-corrected chi connectivity index (χ2v) is 9.79. The minimum atomic E-state index is 0.0392. The molecule has 0 radical (unpaired) electrons. The Bertz CT molecular complexity index is 1700. The highest BCUT2D eigenvalue weighted by Crippen LogP contribution is 2.35. The normalized spacial score (nSPS) is 13.9. The van der Waals surface area contributed by atoms with Gasteiger partial charge in [0, 0.05) is 56.6 Å². The molecule has 5 aromatic rings. The lowest BCUT2D eigenvalue weighted by atomic mass is 9.92. The Labute approximate surface area is 225 Å². The number of aromatic nitrogens is 5. The van der Waals surface area contributed by atoms with Crippen LogP contribution in [0.5, 0.6) is 11.5 Å². The van der Waals surface area contributed by atoms with Crippen molar-refractivity contribution in [1.29, 1.82) is 0 Å². The maximum atomic E-state index is 12.4. The molecule has 1 aliphatic rings. The largest absolute Gasteiger partial charge is 0.457 e. The number of hydrogen-bond donors (Lipinski definition) is 2. The molecule has 1 amide bonds. The van der Waals surface area contributed by atoms with Gasteiger partial charge in [-0.3, -0.25) is 4.79 Å². The number of benzene rings is 2. The van der Waals surface area contributed by atoms with Crippen LogP contribution in [-0.2, 0) is 11.8 Å². The Balaban J connectivity index is 1.18. The SMILES string of the molecule is CNC/C=C/C(=O)N1CC(c2ccn3ncnc(Nc4ccc(Oc5ccc6c(c5)ncn6C)c(C)c4)c23)C1. The molecule has 0 atom stereocenters. The summed E-state index contributed by atoms with van der Waals surface area (Å²) >= 11 is 0. The smallest absolute Gasteiger partial charge is 0.246 e. The first kappa shape index (κ1) is 24.6. The van der Waals surface area contributed by atoms with Crippen molar-refractivity contribution in [1.82, 2.24) is 34.4 Å². The Kier molecular flexibility index (Phi) is 6.45. The van der Waals surface area contributed by atoms with Crippen molar-refractivity contribution < 1.29 is 9.53 Å². The maximum absolute atomic E-state index is 12.4. The number of nitrogens with zero attached hydrogens (tertiary/aromatic N) is 6. The van der Waals surface area contributed by atoms with Crippen molar-refractivity contribution in [2.24, 2.45) is 7.05 Å². The highest BCUT2D eigenvalue weighted by molar-refractivity contribution is 5.89. The lowest BCUT2D eigenvalue weighted by Crippen LogP contribution is -2.47. The van der Waals surface area contributed by atoms with E-state index in [2.05, 4.69) is 31.8 Å². The molecule has 10 heteroatoms. The molecule has 2 N–H and O–H groups in total. The van der Waals surface area contributed by atoms with E-state index in [0.717, 1.165) is 50.7 Å². The van der Waals surface area contributed by atoms with Gasteiger partial charge in [0.15, 0.2) is 5.82 Å². The second kappa shape index (κ2) is 10.2. The monoisotopic (exact) mass is 522 g/mol. The number of aryl methyl sites for hydroxylation is 2. The van der Waals surface area contributed by atoms with Gasteiger partial charge in [-0.25, -0.2) is 14.5 Å². The van der Waals surface area contributed by atoms with Crippen LogP contribution in [0.4, 0.5) is 11.5 Å². The summed E-state index contributed by atoms with van der Waals surface area (Å²) in [5, 5.41) is 10.9. The average molecular weight is 523 g/mol. The number of fused-ring (bicyclic) bond motifs is 2. The van der Waals surface area contributed by atoms with Gasteiger partial charge in [0.1, 0.15) is 23.3 Å². The molecular weight excluding hydrogens is 492 g/mol. The summed E-state index contributed by atoms with van der Waals surface area (Å²) in [6.45, 7) is 4.04. The molecule has 1 saturated heterocycles. The van der Waals surface area contributed by atoms with Gasteiger partial charge in [0.05, 0.1) is 17.4 Å². The Morgan fingerprint density at radius 3 is 2.85 bits per heavy atom. The van der Waals surface area contributed by atoms with E-state index in [4.69, 9.17) is 4.74 Å². The molecule has 1 fully saturated rings. The van der Waals surface area contributed by atoms with Crippen molar-refractivity contribution in [3.63, 3.8) is 0 Å². The third-order valence-corrected chi connectivity index (χ3v) is 7.06. The standard InChI is InChI=1S/C29H30N8O2/c1-19-13-21(6-9-26(19)39-22-7-8-25-24(14-22)32-18-35(25)3)34-29-28-23(10-12-37(28)33-17-31-29)20-15-36(16-20)27(38)5-4-11-30-2/h4-10,12-14,17-18,20,30H,11,15-16H2,1-3H3,(H,31,33,34)/b5-4+. The van der Waals surface area contributed by atoms with E-state index in [1.165, 1.54) is 0 Å². The molecular formula is C29H30N8O2. The van der Waals surface area contributed by atoms with E-state index in [0.29, 0.717) is 19.6 Å². The van der Waals surface area contributed by atoms with Crippen LogP contribution in [-0.4, -0.2) is 61.6 Å². The van der Waals surface area contributed by atoms with E-state index in [1.54, 1.807) is 18.7 Å². The van der Waals surface area contributed by atoms with E-state index in [9.17, 15) is 4.79 Å². The number of amides is 1. The third kappa shape index (κ3) is 4.82. The predicted molar refractivity (Wildman–Crippen MR) is 151 cm³/mol. The highest BCUT2D eigenvalue weighted by Gasteiger charge is 2.33. The molecule has 6 rings (SSSR count). The van der Waals surface area contributed by atoms with Crippen molar-refractivity contribution >= 4 is 34.0 Å². The lowest BCUT2D eigenvalue weighted by Gasteiger charge is -2.38. The van der Waals surface area contributed by atoms with Crippen LogP contribution < -0.4 is 15.4 Å². The fraction of sp³-hybridized carbons (Fsp3) is 0.241. The van der Waals surface area contributed by atoms with E-state index in [1.807, 2.05) is 83.7 Å². The molecule has 3 aromatic heterocycles. The number of likely N-dealkylation sites (tertiary alicyclic amines) is 1. The van der Waals surface area contributed by atoms with Gasteiger partial charge in [-0.05, 0) is 61.5 Å². The van der Waals surface area contributed by atoms with E-state index >= 15 is 0 Å². The van der Waals surface area contributed by atoms with E-state index in [-0.39, 0.29) is 11.8 Å². The minimum Gasteiger partial charge on any atom is -0.457 e. The Morgan fingerprint density at radius 1 is 1.15 bits per heavy atom. The molecule has 39 heavy (non-hydrogen) atoms. The van der Waals surface area contributed by atoms with Gasteiger partial charge >= 0.3 is 0 Å². The van der Waals surface area contributed by atoms with E-state index < -0.39 is 0 Å². The number of nitrogens with one attached hydrogen (secondary N) is 2. The topological polar surface area (TPSA) is 102 Å². The number of likely N-dealkylation sites (N-methyl/N-ethyl adjacent to an activating group) is 1. The van der Waals surface area contributed by atoms with Crippen LogP contribution in [0.3, 0.4) is 0 Å². The zero-order chi connectivity index (χ0) is 26.9. The number of anilines is 2. The summed E-state index contributed by atoms with van der Waals surface area (Å²) in [4.78, 5) is 23.2. The van der Waals surface area contributed by atoms with Gasteiger partial charge in [-0.15, -0.1) is 0 Å². The first-order valence-corrected chi connectivity index (χ1v) is 12.9. The van der Waals surface area contributed by atoms with Crippen molar-refractivity contribution in [3.8, 4) is 11.5 Å². The predicted octanol–water partition coefficient (Wildman–Crippen LogP) is 4.16. The first-order valence-electron chi connectivity index (χ1n) is 12.9. The van der Waals surface area contributed by atoms with Gasteiger partial charge in [0.2, 0.25) is 5.91 Å². The van der Waals surface area contributed by atoms with Gasteiger partial charge in [-0.1, -0.05) is 6.08 Å². The fourth-order valence-corrected chi connectivity index (χ4v) is 4.92. The maximum Gasteiger partial charge on any atom is 0.246 e. The van der Waals surface area contributed by atoms with Gasteiger partial charge in [0.25, 0.3) is 0 Å². The first-order chi connectivity index (χ1) is 19.0. The number of rotatable bonds is 8. The fourth-order valence-electron chi connectivity index (χ4n) is 4.92. The van der Waals surface area contributed by atoms with Crippen LogP contribution in [0.25, 0.3) is 16.6 Å². The van der Waals surface area contributed by atoms with Gasteiger partial charge in [-0.2, -0.15) is 5.10 Å².